The lowest BCUT2D eigenvalue weighted by atomic mass is 9.74. The second-order valence-electron chi connectivity index (χ2n) is 9.50. The van der Waals surface area contributed by atoms with Crippen molar-refractivity contribution in [1.29, 1.82) is 5.26 Å². The van der Waals surface area contributed by atoms with E-state index in [0.717, 1.165) is 16.5 Å². The van der Waals surface area contributed by atoms with E-state index in [-0.39, 0.29) is 5.78 Å². The fourth-order valence-corrected chi connectivity index (χ4v) is 4.41. The van der Waals surface area contributed by atoms with E-state index in [1.54, 1.807) is 23.2 Å². The number of likely N-dealkylation sites (tertiary alicyclic amines) is 1. The predicted molar refractivity (Wildman–Crippen MR) is 122 cm³/mol. The fraction of sp³-hybridized carbons (Fsp3) is 0.346. The number of nitrogens with one attached hydrogen (secondary N) is 1. The average Bonchev–Trinajstić information content (AvgIpc) is 3.37. The molecule has 1 aromatic heterocycles. The Bertz CT molecular complexity index is 1200. The molecule has 4 rings (SSSR count). The third kappa shape index (κ3) is 4.24. The Balaban J connectivity index is 1.69. The highest BCUT2D eigenvalue weighted by atomic mass is 16.6. The fourth-order valence-electron chi connectivity index (χ4n) is 4.41. The summed E-state index contributed by atoms with van der Waals surface area (Å²) in [6.07, 6.45) is 2.34. The summed E-state index contributed by atoms with van der Waals surface area (Å²) >= 11 is 0. The van der Waals surface area contributed by atoms with Crippen molar-refractivity contribution in [3.8, 4) is 6.07 Å². The Labute approximate surface area is 187 Å². The van der Waals surface area contributed by atoms with Crippen molar-refractivity contribution in [3.63, 3.8) is 0 Å². The quantitative estimate of drug-likeness (QED) is 0.585. The number of ether oxygens (including phenoxy) is 1. The van der Waals surface area contributed by atoms with E-state index in [1.807, 2.05) is 57.2 Å². The molecule has 1 atom stereocenters. The molecule has 1 saturated heterocycles. The lowest BCUT2D eigenvalue weighted by Gasteiger charge is -2.29. The van der Waals surface area contributed by atoms with E-state index >= 15 is 0 Å². The Morgan fingerprint density at radius 3 is 2.62 bits per heavy atom. The Morgan fingerprint density at radius 2 is 1.94 bits per heavy atom. The summed E-state index contributed by atoms with van der Waals surface area (Å²) in [6.45, 7) is 6.27. The molecule has 1 aliphatic heterocycles. The molecule has 1 fully saturated rings. The van der Waals surface area contributed by atoms with Crippen LogP contribution in [0.4, 0.5) is 4.79 Å². The minimum Gasteiger partial charge on any atom is -0.444 e. The number of aromatic amines is 1. The molecule has 164 valence electrons. The molecule has 3 aromatic rings. The highest BCUT2D eigenvalue weighted by Gasteiger charge is 2.47. The first-order chi connectivity index (χ1) is 15.2. The minimum atomic E-state index is -0.755. The first-order valence-electron chi connectivity index (χ1n) is 10.8. The van der Waals surface area contributed by atoms with E-state index in [4.69, 9.17) is 4.74 Å². The Kier molecular flexibility index (Phi) is 5.52. The first-order valence-corrected chi connectivity index (χ1v) is 10.8. The van der Waals surface area contributed by atoms with Gasteiger partial charge in [0.2, 0.25) is 0 Å². The number of benzene rings is 2. The highest BCUT2D eigenvalue weighted by molar-refractivity contribution is 6.04. The summed E-state index contributed by atoms with van der Waals surface area (Å²) in [5.41, 5.74) is 1.57. The summed E-state index contributed by atoms with van der Waals surface area (Å²) in [4.78, 5) is 31.4. The second-order valence-corrected chi connectivity index (χ2v) is 9.50. The van der Waals surface area contributed by atoms with E-state index in [9.17, 15) is 14.9 Å². The maximum atomic E-state index is 13.9. The molecule has 1 amide bonds. The van der Waals surface area contributed by atoms with Crippen molar-refractivity contribution in [1.82, 2.24) is 9.88 Å². The van der Waals surface area contributed by atoms with Gasteiger partial charge in [-0.3, -0.25) is 4.79 Å². The number of H-pyrrole nitrogens is 1. The van der Waals surface area contributed by atoms with Crippen LogP contribution in [-0.2, 0) is 11.2 Å². The van der Waals surface area contributed by atoms with Crippen LogP contribution < -0.4 is 0 Å². The Hall–Kier alpha value is -3.59. The molecule has 1 N–H and O–H groups in total. The highest BCUT2D eigenvalue weighted by Crippen LogP contribution is 2.39. The maximum Gasteiger partial charge on any atom is 0.410 e. The summed E-state index contributed by atoms with van der Waals surface area (Å²) in [5.74, 6) is -0.0144. The van der Waals surface area contributed by atoms with Gasteiger partial charge < -0.3 is 14.6 Å². The van der Waals surface area contributed by atoms with Crippen LogP contribution in [0.1, 0.15) is 48.7 Å². The van der Waals surface area contributed by atoms with E-state index in [1.165, 1.54) is 0 Å². The minimum absolute atomic E-state index is 0.0144. The van der Waals surface area contributed by atoms with Crippen LogP contribution in [0.2, 0.25) is 0 Å². The molecular formula is C26H27N3O3. The van der Waals surface area contributed by atoms with Gasteiger partial charge in [-0.25, -0.2) is 4.79 Å². The second kappa shape index (κ2) is 8.16. The van der Waals surface area contributed by atoms with Crippen molar-refractivity contribution in [2.75, 3.05) is 13.1 Å². The van der Waals surface area contributed by atoms with Gasteiger partial charge in [-0.05, 0) is 57.4 Å². The van der Waals surface area contributed by atoms with Gasteiger partial charge in [0, 0.05) is 35.8 Å². The van der Waals surface area contributed by atoms with Crippen LogP contribution in [0.5, 0.6) is 0 Å². The van der Waals surface area contributed by atoms with E-state index in [2.05, 4.69) is 11.1 Å². The molecule has 32 heavy (non-hydrogen) atoms. The van der Waals surface area contributed by atoms with E-state index in [0.29, 0.717) is 37.1 Å². The van der Waals surface area contributed by atoms with Gasteiger partial charge in [-0.2, -0.15) is 5.26 Å². The molecular weight excluding hydrogens is 402 g/mol. The molecule has 0 bridgehead atoms. The summed E-state index contributed by atoms with van der Waals surface area (Å²) in [7, 11) is 0. The average molecular weight is 430 g/mol. The van der Waals surface area contributed by atoms with Crippen molar-refractivity contribution < 1.29 is 14.3 Å². The summed E-state index contributed by atoms with van der Waals surface area (Å²) in [5, 5.41) is 10.1. The number of Topliss-reactive ketones (excluding diaryl/α,β-unsaturated/α-hetero) is 1. The van der Waals surface area contributed by atoms with Crippen LogP contribution in [0.3, 0.4) is 0 Å². The van der Waals surface area contributed by atoms with Crippen molar-refractivity contribution in [2.45, 2.75) is 39.2 Å². The summed E-state index contributed by atoms with van der Waals surface area (Å²) in [6, 6.07) is 17.5. The molecule has 0 radical (unpaired) electrons. The third-order valence-electron chi connectivity index (χ3n) is 5.94. The molecule has 2 aromatic carbocycles. The monoisotopic (exact) mass is 429 g/mol. The number of fused-ring (bicyclic) bond motifs is 1. The number of amides is 1. The number of carbonyl (C=O) groups excluding carboxylic acids is 2. The van der Waals surface area contributed by atoms with Crippen LogP contribution in [0.15, 0.2) is 54.7 Å². The number of rotatable bonds is 4. The number of hydrogen-bond acceptors (Lipinski definition) is 4. The zero-order valence-electron chi connectivity index (χ0n) is 18.6. The van der Waals surface area contributed by atoms with Crippen molar-refractivity contribution in [3.05, 3.63) is 71.4 Å². The van der Waals surface area contributed by atoms with Crippen molar-refractivity contribution in [2.24, 2.45) is 5.41 Å². The van der Waals surface area contributed by atoms with Gasteiger partial charge in [-0.1, -0.05) is 30.3 Å². The van der Waals surface area contributed by atoms with Gasteiger partial charge in [0.1, 0.15) is 11.7 Å². The largest absolute Gasteiger partial charge is 0.444 e. The molecule has 6 heteroatoms. The number of carbonyl (C=O) groups is 2. The smallest absolute Gasteiger partial charge is 0.410 e. The van der Waals surface area contributed by atoms with E-state index < -0.39 is 17.1 Å². The lowest BCUT2D eigenvalue weighted by Crippen LogP contribution is -2.40. The molecule has 2 heterocycles. The zero-order valence-corrected chi connectivity index (χ0v) is 18.6. The number of ketones is 1. The lowest BCUT2D eigenvalue weighted by molar-refractivity contribution is 0.0274. The molecule has 6 nitrogen and oxygen atoms in total. The van der Waals surface area contributed by atoms with Gasteiger partial charge in [0.05, 0.1) is 11.0 Å². The first kappa shape index (κ1) is 21.6. The van der Waals surface area contributed by atoms with Gasteiger partial charge in [0.15, 0.2) is 5.78 Å². The molecule has 0 spiro atoms. The number of aromatic nitrogens is 1. The van der Waals surface area contributed by atoms with Crippen molar-refractivity contribution >= 4 is 22.8 Å². The molecule has 0 saturated carbocycles. The third-order valence-corrected chi connectivity index (χ3v) is 5.94. The maximum absolute atomic E-state index is 13.9. The molecule has 0 aliphatic carbocycles. The standard InChI is InChI=1S/C26H27N3O3/c1-25(2,3)32-24(31)29-12-11-26(17-29,14-18-7-5-4-6-8-18)23(30)19-9-10-22-21(13-19)20(15-27)16-28-22/h4-10,13,16,28H,11-12,14,17H2,1-3H3. The Morgan fingerprint density at radius 1 is 1.19 bits per heavy atom. The van der Waals surface area contributed by atoms with Crippen LogP contribution in [0, 0.1) is 16.7 Å². The van der Waals surface area contributed by atoms with Crippen LogP contribution >= 0.6 is 0 Å². The molecule has 1 aliphatic rings. The van der Waals surface area contributed by atoms with Gasteiger partial charge >= 0.3 is 6.09 Å². The predicted octanol–water partition coefficient (Wildman–Crippen LogP) is 5.09. The van der Waals surface area contributed by atoms with Crippen LogP contribution in [-0.4, -0.2) is 40.5 Å². The number of nitriles is 1. The van der Waals surface area contributed by atoms with Crippen LogP contribution in [0.25, 0.3) is 10.9 Å². The topological polar surface area (TPSA) is 86.2 Å². The zero-order chi connectivity index (χ0) is 22.9. The van der Waals surface area contributed by atoms with Gasteiger partial charge in [0.25, 0.3) is 0 Å². The molecule has 1 unspecified atom stereocenters. The normalized spacial score (nSPS) is 18.5. The van der Waals surface area contributed by atoms with Gasteiger partial charge in [-0.15, -0.1) is 0 Å². The SMILES string of the molecule is CC(C)(C)OC(=O)N1CCC(Cc2ccccc2)(C(=O)c2ccc3[nH]cc(C#N)c3c2)C1. The summed E-state index contributed by atoms with van der Waals surface area (Å²) < 4.78 is 5.56. The number of nitrogens with zero attached hydrogens (tertiary/aromatic N) is 2. The number of hydrogen-bond donors (Lipinski definition) is 1.